The summed E-state index contributed by atoms with van der Waals surface area (Å²) in [5.41, 5.74) is 0. The molecule has 0 saturated carbocycles. The topological polar surface area (TPSA) is 23.6 Å². The molecule has 2 aliphatic rings. The van der Waals surface area contributed by atoms with Gasteiger partial charge in [0.1, 0.15) is 0 Å². The van der Waals surface area contributed by atoms with Crippen molar-refractivity contribution in [3.05, 3.63) is 0 Å². The molecular weight excluding hydrogens is 164 g/mol. The largest absolute Gasteiger partial charge is 0.341 e. The Hall–Kier alpha value is -0.570. The molecule has 2 rings (SSSR count). The molecule has 0 unspecified atom stereocenters. The monoisotopic (exact) mass is 182 g/mol. The lowest BCUT2D eigenvalue weighted by molar-refractivity contribution is -0.119. The minimum Gasteiger partial charge on any atom is -0.341 e. The van der Waals surface area contributed by atoms with Crippen LogP contribution in [-0.4, -0.2) is 48.4 Å². The van der Waals surface area contributed by atoms with E-state index in [0.717, 1.165) is 19.5 Å². The van der Waals surface area contributed by atoms with Crippen molar-refractivity contribution >= 4 is 6.41 Å². The Morgan fingerprint density at radius 3 is 2.62 bits per heavy atom. The molecule has 3 heteroatoms. The Kier molecular flexibility index (Phi) is 2.83. The van der Waals surface area contributed by atoms with E-state index >= 15 is 0 Å². The van der Waals surface area contributed by atoms with Gasteiger partial charge in [-0.25, -0.2) is 0 Å². The molecule has 0 N–H and O–H groups in total. The van der Waals surface area contributed by atoms with Crippen LogP contribution in [0.1, 0.15) is 25.7 Å². The highest BCUT2D eigenvalue weighted by molar-refractivity contribution is 5.48. The van der Waals surface area contributed by atoms with Crippen molar-refractivity contribution in [2.45, 2.75) is 31.7 Å². The zero-order valence-electron chi connectivity index (χ0n) is 8.11. The molecule has 0 bridgehead atoms. The van der Waals surface area contributed by atoms with Crippen LogP contribution in [0.5, 0.6) is 0 Å². The molecule has 0 aromatic heterocycles. The number of likely N-dealkylation sites (tertiary alicyclic amines) is 2. The van der Waals surface area contributed by atoms with Crippen LogP contribution in [0.4, 0.5) is 0 Å². The normalized spacial score (nSPS) is 29.8. The van der Waals surface area contributed by atoms with Gasteiger partial charge in [0.25, 0.3) is 0 Å². The average Bonchev–Trinajstić information content (AvgIpc) is 2.76. The third-order valence-electron chi connectivity index (χ3n) is 3.23. The van der Waals surface area contributed by atoms with E-state index in [1.165, 1.54) is 38.8 Å². The Labute approximate surface area is 79.7 Å². The van der Waals surface area contributed by atoms with Gasteiger partial charge < -0.3 is 9.80 Å². The lowest BCUT2D eigenvalue weighted by atomic mass is 10.2. The van der Waals surface area contributed by atoms with Crippen LogP contribution in [0.3, 0.4) is 0 Å². The van der Waals surface area contributed by atoms with Gasteiger partial charge in [0.15, 0.2) is 0 Å². The Morgan fingerprint density at radius 2 is 1.92 bits per heavy atom. The lowest BCUT2D eigenvalue weighted by Gasteiger charge is -2.25. The van der Waals surface area contributed by atoms with Crippen LogP contribution in [0.15, 0.2) is 0 Å². The highest BCUT2D eigenvalue weighted by Crippen LogP contribution is 2.18. The molecule has 2 saturated heterocycles. The summed E-state index contributed by atoms with van der Waals surface area (Å²) in [6.45, 7) is 4.56. The third kappa shape index (κ3) is 2.02. The molecule has 13 heavy (non-hydrogen) atoms. The van der Waals surface area contributed by atoms with Gasteiger partial charge in [0, 0.05) is 19.1 Å². The summed E-state index contributed by atoms with van der Waals surface area (Å²) in [4.78, 5) is 15.2. The van der Waals surface area contributed by atoms with Crippen LogP contribution in [0.2, 0.25) is 0 Å². The van der Waals surface area contributed by atoms with E-state index in [9.17, 15) is 4.79 Å². The molecule has 0 aromatic rings. The minimum absolute atomic E-state index is 0.510. The lowest BCUT2D eigenvalue weighted by Crippen LogP contribution is -2.38. The predicted octanol–water partition coefficient (Wildman–Crippen LogP) is 0.703. The van der Waals surface area contributed by atoms with Gasteiger partial charge in [-0.1, -0.05) is 0 Å². The standard InChI is InChI=1S/C10H18N2O/c13-9-12-7-3-4-10(12)8-11-5-1-2-6-11/h9-10H,1-8H2/t10-/m1/s1. The van der Waals surface area contributed by atoms with Crippen molar-refractivity contribution in [3.8, 4) is 0 Å². The van der Waals surface area contributed by atoms with E-state index in [0.29, 0.717) is 6.04 Å². The highest BCUT2D eigenvalue weighted by atomic mass is 16.1. The van der Waals surface area contributed by atoms with Crippen molar-refractivity contribution < 1.29 is 4.79 Å². The van der Waals surface area contributed by atoms with Crippen molar-refractivity contribution in [2.24, 2.45) is 0 Å². The molecule has 0 spiro atoms. The molecule has 0 aromatic carbocycles. The maximum atomic E-state index is 10.7. The van der Waals surface area contributed by atoms with Crippen molar-refractivity contribution in [2.75, 3.05) is 26.2 Å². The average molecular weight is 182 g/mol. The van der Waals surface area contributed by atoms with E-state index in [1.54, 1.807) is 0 Å². The molecule has 0 aliphatic carbocycles. The summed E-state index contributed by atoms with van der Waals surface area (Å²) in [6.07, 6.45) is 6.10. The first-order valence-corrected chi connectivity index (χ1v) is 5.33. The number of carbonyl (C=O) groups excluding carboxylic acids is 1. The maximum absolute atomic E-state index is 10.7. The van der Waals surface area contributed by atoms with Gasteiger partial charge in [0.2, 0.25) is 6.41 Å². The molecule has 2 fully saturated rings. The molecule has 2 aliphatic heterocycles. The van der Waals surface area contributed by atoms with E-state index in [4.69, 9.17) is 0 Å². The zero-order valence-corrected chi connectivity index (χ0v) is 8.11. The summed E-state index contributed by atoms with van der Waals surface area (Å²) < 4.78 is 0. The Bertz CT molecular complexity index is 178. The van der Waals surface area contributed by atoms with Crippen molar-refractivity contribution in [1.29, 1.82) is 0 Å². The van der Waals surface area contributed by atoms with E-state index in [-0.39, 0.29) is 0 Å². The first kappa shape index (κ1) is 9.00. The van der Waals surface area contributed by atoms with Crippen molar-refractivity contribution in [1.82, 2.24) is 9.80 Å². The molecule has 1 atom stereocenters. The first-order valence-electron chi connectivity index (χ1n) is 5.33. The number of hydrogen-bond acceptors (Lipinski definition) is 2. The minimum atomic E-state index is 0.510. The van der Waals surface area contributed by atoms with Gasteiger partial charge in [-0.2, -0.15) is 0 Å². The fourth-order valence-electron chi connectivity index (χ4n) is 2.46. The van der Waals surface area contributed by atoms with Crippen LogP contribution < -0.4 is 0 Å². The van der Waals surface area contributed by atoms with Gasteiger partial charge in [0.05, 0.1) is 0 Å². The summed E-state index contributed by atoms with van der Waals surface area (Å²) in [7, 11) is 0. The number of hydrogen-bond donors (Lipinski definition) is 0. The smallest absolute Gasteiger partial charge is 0.209 e. The van der Waals surface area contributed by atoms with Crippen LogP contribution >= 0.6 is 0 Å². The number of rotatable bonds is 3. The van der Waals surface area contributed by atoms with Gasteiger partial charge >= 0.3 is 0 Å². The summed E-state index contributed by atoms with van der Waals surface area (Å²) >= 11 is 0. The molecule has 3 nitrogen and oxygen atoms in total. The highest BCUT2D eigenvalue weighted by Gasteiger charge is 2.25. The molecule has 74 valence electrons. The van der Waals surface area contributed by atoms with Gasteiger partial charge in [-0.05, 0) is 38.8 Å². The Balaban J connectivity index is 1.82. The SMILES string of the molecule is O=CN1CCC[C@@H]1CN1CCCC1. The molecular formula is C10H18N2O. The second kappa shape index (κ2) is 4.09. The fourth-order valence-corrected chi connectivity index (χ4v) is 2.46. The maximum Gasteiger partial charge on any atom is 0.209 e. The molecule has 0 radical (unpaired) electrons. The number of carbonyl (C=O) groups is 1. The van der Waals surface area contributed by atoms with E-state index in [1.807, 2.05) is 4.90 Å². The fraction of sp³-hybridized carbons (Fsp3) is 0.900. The first-order chi connectivity index (χ1) is 6.40. The van der Waals surface area contributed by atoms with Gasteiger partial charge in [-0.15, -0.1) is 0 Å². The number of nitrogens with zero attached hydrogens (tertiary/aromatic N) is 2. The van der Waals surface area contributed by atoms with E-state index < -0.39 is 0 Å². The van der Waals surface area contributed by atoms with Crippen LogP contribution in [-0.2, 0) is 4.79 Å². The summed E-state index contributed by atoms with van der Waals surface area (Å²) in [5.74, 6) is 0. The molecule has 2 heterocycles. The van der Waals surface area contributed by atoms with Crippen molar-refractivity contribution in [3.63, 3.8) is 0 Å². The Morgan fingerprint density at radius 1 is 1.15 bits per heavy atom. The quantitative estimate of drug-likeness (QED) is 0.600. The number of amides is 1. The van der Waals surface area contributed by atoms with Crippen LogP contribution in [0, 0.1) is 0 Å². The van der Waals surface area contributed by atoms with E-state index in [2.05, 4.69) is 4.90 Å². The second-order valence-corrected chi connectivity index (χ2v) is 4.15. The predicted molar refractivity (Wildman–Crippen MR) is 51.5 cm³/mol. The zero-order chi connectivity index (χ0) is 9.10. The summed E-state index contributed by atoms with van der Waals surface area (Å²) in [5, 5.41) is 0. The second-order valence-electron chi connectivity index (χ2n) is 4.15. The third-order valence-corrected chi connectivity index (χ3v) is 3.23. The molecule has 1 amide bonds. The van der Waals surface area contributed by atoms with Gasteiger partial charge in [-0.3, -0.25) is 4.79 Å². The summed E-state index contributed by atoms with van der Waals surface area (Å²) in [6, 6.07) is 0.510. The van der Waals surface area contributed by atoms with Crippen LogP contribution in [0.25, 0.3) is 0 Å².